The van der Waals surface area contributed by atoms with E-state index in [9.17, 15) is 4.79 Å². The molecule has 1 unspecified atom stereocenters. The van der Waals surface area contributed by atoms with Crippen LogP contribution in [-0.4, -0.2) is 21.4 Å². The van der Waals surface area contributed by atoms with Crippen molar-refractivity contribution in [2.45, 2.75) is 19.6 Å². The zero-order chi connectivity index (χ0) is 16.2. The van der Waals surface area contributed by atoms with E-state index >= 15 is 0 Å². The summed E-state index contributed by atoms with van der Waals surface area (Å²) in [4.78, 5) is 16.5. The van der Waals surface area contributed by atoms with E-state index in [1.54, 1.807) is 19.2 Å². The molecule has 3 aromatic rings. The van der Waals surface area contributed by atoms with Crippen molar-refractivity contribution in [2.24, 2.45) is 0 Å². The molecule has 0 aliphatic rings. The molecule has 0 aliphatic carbocycles. The van der Waals surface area contributed by atoms with Gasteiger partial charge in [-0.3, -0.25) is 4.79 Å². The number of halogens is 1. The molecule has 0 bridgehead atoms. The lowest BCUT2D eigenvalue weighted by Crippen LogP contribution is -2.35. The standard InChI is InChI=1S/C17H16ClN3O2/c1-12(23-15-5-3-2-4-6-15)17(22)19-9-14-11-21-10-13(18)7-8-16(21)20-14/h2-8,10-12H,9H2,1H3,(H,19,22). The van der Waals surface area contributed by atoms with Crippen LogP contribution in [0, 0.1) is 0 Å². The number of fused-ring (bicyclic) bond motifs is 1. The number of nitrogens with zero attached hydrogens (tertiary/aromatic N) is 2. The number of ether oxygens (including phenoxy) is 1. The van der Waals surface area contributed by atoms with Crippen molar-refractivity contribution in [1.29, 1.82) is 0 Å². The van der Waals surface area contributed by atoms with Gasteiger partial charge in [-0.25, -0.2) is 4.98 Å². The van der Waals surface area contributed by atoms with Crippen LogP contribution in [0.3, 0.4) is 0 Å². The van der Waals surface area contributed by atoms with Crippen molar-refractivity contribution in [3.8, 4) is 5.75 Å². The number of carbonyl (C=O) groups is 1. The minimum atomic E-state index is -0.580. The first-order chi connectivity index (χ1) is 11.1. The van der Waals surface area contributed by atoms with E-state index in [2.05, 4.69) is 10.3 Å². The van der Waals surface area contributed by atoms with Crippen molar-refractivity contribution in [2.75, 3.05) is 0 Å². The Kier molecular flexibility index (Phi) is 4.48. The number of aromatic nitrogens is 2. The van der Waals surface area contributed by atoms with Crippen LogP contribution in [0.1, 0.15) is 12.6 Å². The summed E-state index contributed by atoms with van der Waals surface area (Å²) in [5.74, 6) is 0.474. The van der Waals surface area contributed by atoms with Crippen LogP contribution in [0.4, 0.5) is 0 Å². The van der Waals surface area contributed by atoms with Crippen LogP contribution in [0.25, 0.3) is 5.65 Å². The zero-order valence-electron chi connectivity index (χ0n) is 12.6. The fourth-order valence-corrected chi connectivity index (χ4v) is 2.35. The molecular weight excluding hydrogens is 314 g/mol. The Labute approximate surface area is 138 Å². The number of nitrogens with one attached hydrogen (secondary N) is 1. The largest absolute Gasteiger partial charge is 0.481 e. The first-order valence-electron chi connectivity index (χ1n) is 7.24. The van der Waals surface area contributed by atoms with Gasteiger partial charge in [0.1, 0.15) is 11.4 Å². The molecule has 0 saturated carbocycles. The summed E-state index contributed by atoms with van der Waals surface area (Å²) in [6, 6.07) is 12.9. The van der Waals surface area contributed by atoms with E-state index in [0.29, 0.717) is 17.3 Å². The van der Waals surface area contributed by atoms with Gasteiger partial charge in [-0.15, -0.1) is 0 Å². The van der Waals surface area contributed by atoms with Gasteiger partial charge in [0.2, 0.25) is 0 Å². The quantitative estimate of drug-likeness (QED) is 0.782. The Bertz CT molecular complexity index is 817. The molecule has 1 amide bonds. The average Bonchev–Trinajstić information content (AvgIpc) is 2.95. The number of para-hydroxylation sites is 1. The lowest BCUT2D eigenvalue weighted by Gasteiger charge is -2.14. The van der Waals surface area contributed by atoms with Crippen molar-refractivity contribution < 1.29 is 9.53 Å². The zero-order valence-corrected chi connectivity index (χ0v) is 13.3. The molecule has 2 heterocycles. The lowest BCUT2D eigenvalue weighted by molar-refractivity contribution is -0.127. The Morgan fingerprint density at radius 3 is 2.83 bits per heavy atom. The molecule has 1 N–H and O–H groups in total. The molecular formula is C17H16ClN3O2. The Hall–Kier alpha value is -2.53. The van der Waals surface area contributed by atoms with Crippen LogP contribution in [-0.2, 0) is 11.3 Å². The summed E-state index contributed by atoms with van der Waals surface area (Å²) in [7, 11) is 0. The van der Waals surface area contributed by atoms with Gasteiger partial charge in [-0.1, -0.05) is 29.8 Å². The van der Waals surface area contributed by atoms with Gasteiger partial charge >= 0.3 is 0 Å². The van der Waals surface area contributed by atoms with Gasteiger partial charge in [0.25, 0.3) is 5.91 Å². The number of hydrogen-bond donors (Lipinski definition) is 1. The molecule has 3 rings (SSSR count). The minimum absolute atomic E-state index is 0.191. The third-order valence-electron chi connectivity index (χ3n) is 3.33. The number of hydrogen-bond acceptors (Lipinski definition) is 3. The van der Waals surface area contributed by atoms with E-state index < -0.39 is 6.10 Å². The fraction of sp³-hybridized carbons (Fsp3) is 0.176. The van der Waals surface area contributed by atoms with Gasteiger partial charge in [0, 0.05) is 12.4 Å². The maximum atomic E-state index is 12.1. The van der Waals surface area contributed by atoms with Gasteiger partial charge in [0.15, 0.2) is 6.10 Å². The van der Waals surface area contributed by atoms with Crippen molar-refractivity contribution in [3.63, 3.8) is 0 Å². The SMILES string of the molecule is CC(Oc1ccccc1)C(=O)NCc1cn2cc(Cl)ccc2n1. The first kappa shape index (κ1) is 15.4. The van der Waals surface area contributed by atoms with Crippen molar-refractivity contribution >= 4 is 23.2 Å². The van der Waals surface area contributed by atoms with Gasteiger partial charge in [-0.2, -0.15) is 0 Å². The summed E-state index contributed by atoms with van der Waals surface area (Å²) in [6.07, 6.45) is 3.03. The lowest BCUT2D eigenvalue weighted by atomic mass is 10.3. The summed E-state index contributed by atoms with van der Waals surface area (Å²) in [5, 5.41) is 3.46. The van der Waals surface area contributed by atoms with Crippen LogP contribution in [0.2, 0.25) is 5.02 Å². The second-order valence-corrected chi connectivity index (χ2v) is 5.57. The summed E-state index contributed by atoms with van der Waals surface area (Å²) < 4.78 is 7.41. The van der Waals surface area contributed by atoms with Crippen LogP contribution in [0.15, 0.2) is 54.9 Å². The molecule has 0 spiro atoms. The van der Waals surface area contributed by atoms with E-state index in [-0.39, 0.29) is 5.91 Å². The summed E-state index contributed by atoms with van der Waals surface area (Å²) in [6.45, 7) is 2.05. The molecule has 0 fully saturated rings. The van der Waals surface area contributed by atoms with Gasteiger partial charge in [0.05, 0.1) is 17.3 Å². The highest BCUT2D eigenvalue weighted by molar-refractivity contribution is 6.30. The second-order valence-electron chi connectivity index (χ2n) is 5.14. The fourth-order valence-electron chi connectivity index (χ4n) is 2.18. The van der Waals surface area contributed by atoms with Crippen molar-refractivity contribution in [3.05, 3.63) is 65.6 Å². The van der Waals surface area contributed by atoms with E-state index in [0.717, 1.165) is 11.3 Å². The molecule has 5 nitrogen and oxygen atoms in total. The molecule has 23 heavy (non-hydrogen) atoms. The van der Waals surface area contributed by atoms with Gasteiger partial charge in [-0.05, 0) is 31.2 Å². The maximum Gasteiger partial charge on any atom is 0.261 e. The predicted octanol–water partition coefficient (Wildman–Crippen LogP) is 3.07. The highest BCUT2D eigenvalue weighted by atomic mass is 35.5. The number of rotatable bonds is 5. The molecule has 0 aliphatic heterocycles. The topological polar surface area (TPSA) is 55.6 Å². The van der Waals surface area contributed by atoms with Crippen molar-refractivity contribution in [1.82, 2.24) is 14.7 Å². The Balaban J connectivity index is 1.59. The molecule has 1 aromatic carbocycles. The molecule has 2 aromatic heterocycles. The number of pyridine rings is 1. The normalized spacial score (nSPS) is 12.1. The molecule has 118 valence electrons. The van der Waals surface area contributed by atoms with E-state index in [4.69, 9.17) is 16.3 Å². The molecule has 0 saturated heterocycles. The number of imidazole rings is 1. The van der Waals surface area contributed by atoms with Gasteiger partial charge < -0.3 is 14.5 Å². The van der Waals surface area contributed by atoms with Crippen LogP contribution >= 0.6 is 11.6 Å². The summed E-state index contributed by atoms with van der Waals surface area (Å²) >= 11 is 5.94. The Morgan fingerprint density at radius 2 is 2.04 bits per heavy atom. The third-order valence-corrected chi connectivity index (χ3v) is 3.56. The molecule has 6 heteroatoms. The van der Waals surface area contributed by atoms with E-state index in [1.807, 2.05) is 47.0 Å². The number of amides is 1. The monoisotopic (exact) mass is 329 g/mol. The van der Waals surface area contributed by atoms with E-state index in [1.165, 1.54) is 0 Å². The highest BCUT2D eigenvalue weighted by Gasteiger charge is 2.14. The summed E-state index contributed by atoms with van der Waals surface area (Å²) in [5.41, 5.74) is 1.54. The van der Waals surface area contributed by atoms with Crippen LogP contribution < -0.4 is 10.1 Å². The third kappa shape index (κ3) is 3.81. The predicted molar refractivity (Wildman–Crippen MR) is 88.6 cm³/mol. The average molecular weight is 330 g/mol. The first-order valence-corrected chi connectivity index (χ1v) is 7.62. The van der Waals surface area contributed by atoms with Crippen LogP contribution in [0.5, 0.6) is 5.75 Å². The number of benzene rings is 1. The smallest absolute Gasteiger partial charge is 0.261 e. The maximum absolute atomic E-state index is 12.1. The Morgan fingerprint density at radius 1 is 1.26 bits per heavy atom. The second kappa shape index (κ2) is 6.71. The number of carbonyl (C=O) groups excluding carboxylic acids is 1. The molecule has 0 radical (unpaired) electrons. The molecule has 1 atom stereocenters. The highest BCUT2D eigenvalue weighted by Crippen LogP contribution is 2.12. The minimum Gasteiger partial charge on any atom is -0.481 e.